The molecular formula is C12H6ClFN4O2. The van der Waals surface area contributed by atoms with Crippen LogP contribution in [0.15, 0.2) is 36.7 Å². The summed E-state index contributed by atoms with van der Waals surface area (Å²) in [4.78, 5) is 14.1. The minimum absolute atomic E-state index is 0.0649. The molecule has 0 fully saturated rings. The summed E-state index contributed by atoms with van der Waals surface area (Å²) in [6.07, 6.45) is 2.76. The second-order valence-electron chi connectivity index (χ2n) is 4.02. The fourth-order valence-electron chi connectivity index (χ4n) is 1.85. The minimum atomic E-state index is -0.658. The highest BCUT2D eigenvalue weighted by atomic mass is 35.5. The van der Waals surface area contributed by atoms with E-state index in [1.807, 2.05) is 0 Å². The van der Waals surface area contributed by atoms with E-state index >= 15 is 0 Å². The highest BCUT2D eigenvalue weighted by molar-refractivity contribution is 6.30. The Morgan fingerprint density at radius 3 is 2.80 bits per heavy atom. The molecule has 20 heavy (non-hydrogen) atoms. The first-order valence-corrected chi connectivity index (χ1v) is 5.87. The van der Waals surface area contributed by atoms with Crippen molar-refractivity contribution in [2.45, 2.75) is 0 Å². The first-order valence-electron chi connectivity index (χ1n) is 5.50. The Kier molecular flexibility index (Phi) is 2.83. The first kappa shape index (κ1) is 12.5. The standard InChI is InChI=1S/C12H6ClFN4O2/c13-8-3-10(14)12(15-6-8)17-11-4-9(18(19)20)2-1-7(11)5-16-17/h1-6H. The van der Waals surface area contributed by atoms with Gasteiger partial charge in [-0.3, -0.25) is 10.1 Å². The quantitative estimate of drug-likeness (QED) is 0.537. The Morgan fingerprint density at radius 1 is 1.30 bits per heavy atom. The van der Waals surface area contributed by atoms with Crippen molar-refractivity contribution < 1.29 is 9.31 Å². The summed E-state index contributed by atoms with van der Waals surface area (Å²) in [6.45, 7) is 0. The van der Waals surface area contributed by atoms with Crippen molar-refractivity contribution in [2.75, 3.05) is 0 Å². The van der Waals surface area contributed by atoms with Crippen molar-refractivity contribution >= 4 is 28.2 Å². The van der Waals surface area contributed by atoms with E-state index in [4.69, 9.17) is 11.6 Å². The molecule has 6 nitrogen and oxygen atoms in total. The van der Waals surface area contributed by atoms with Crippen molar-refractivity contribution in [3.8, 4) is 5.82 Å². The second kappa shape index (κ2) is 4.53. The number of aromatic nitrogens is 3. The molecule has 1 aromatic carbocycles. The molecule has 0 atom stereocenters. The Morgan fingerprint density at radius 2 is 2.10 bits per heavy atom. The largest absolute Gasteiger partial charge is 0.271 e. The third-order valence-corrected chi connectivity index (χ3v) is 2.96. The molecule has 0 spiro atoms. The van der Waals surface area contributed by atoms with Crippen LogP contribution < -0.4 is 0 Å². The van der Waals surface area contributed by atoms with Crippen LogP contribution in [-0.4, -0.2) is 19.7 Å². The van der Waals surface area contributed by atoms with E-state index in [2.05, 4.69) is 10.1 Å². The zero-order chi connectivity index (χ0) is 14.3. The van der Waals surface area contributed by atoms with Gasteiger partial charge in [0.05, 0.1) is 21.7 Å². The van der Waals surface area contributed by atoms with Crippen LogP contribution in [0.25, 0.3) is 16.7 Å². The monoisotopic (exact) mass is 292 g/mol. The third kappa shape index (κ3) is 1.97. The number of fused-ring (bicyclic) bond motifs is 1. The molecule has 0 saturated heterocycles. The highest BCUT2D eigenvalue weighted by Gasteiger charge is 2.14. The molecule has 0 amide bonds. The maximum atomic E-state index is 13.9. The summed E-state index contributed by atoms with van der Waals surface area (Å²) in [5.41, 5.74) is 0.293. The maximum absolute atomic E-state index is 13.9. The fraction of sp³-hybridized carbons (Fsp3) is 0. The molecule has 0 bridgehead atoms. The van der Waals surface area contributed by atoms with E-state index < -0.39 is 10.7 Å². The summed E-state index contributed by atoms with van der Waals surface area (Å²) in [5.74, 6) is -0.723. The normalized spacial score (nSPS) is 10.9. The van der Waals surface area contributed by atoms with E-state index in [0.29, 0.717) is 10.9 Å². The van der Waals surface area contributed by atoms with Gasteiger partial charge in [-0.25, -0.2) is 14.1 Å². The number of nitro groups is 1. The van der Waals surface area contributed by atoms with Gasteiger partial charge >= 0.3 is 0 Å². The van der Waals surface area contributed by atoms with Crippen molar-refractivity contribution in [2.24, 2.45) is 0 Å². The molecule has 2 aromatic heterocycles. The molecule has 3 aromatic rings. The molecule has 0 saturated carbocycles. The number of nitrogens with zero attached hydrogens (tertiary/aromatic N) is 4. The Labute approximate surface area is 116 Å². The lowest BCUT2D eigenvalue weighted by Crippen LogP contribution is -2.02. The molecule has 0 N–H and O–H groups in total. The molecule has 0 radical (unpaired) electrons. The van der Waals surface area contributed by atoms with Gasteiger partial charge < -0.3 is 0 Å². The predicted octanol–water partition coefficient (Wildman–Crippen LogP) is 3.12. The van der Waals surface area contributed by atoms with Gasteiger partial charge in [0.1, 0.15) is 0 Å². The van der Waals surface area contributed by atoms with E-state index in [1.165, 1.54) is 29.2 Å². The van der Waals surface area contributed by atoms with Gasteiger partial charge in [-0.05, 0) is 12.1 Å². The van der Waals surface area contributed by atoms with E-state index in [-0.39, 0.29) is 16.5 Å². The predicted molar refractivity (Wildman–Crippen MR) is 70.5 cm³/mol. The van der Waals surface area contributed by atoms with Crippen LogP contribution in [0, 0.1) is 15.9 Å². The smallest absolute Gasteiger partial charge is 0.258 e. The zero-order valence-corrected chi connectivity index (χ0v) is 10.6. The molecular weight excluding hydrogens is 287 g/mol. The van der Waals surface area contributed by atoms with Crippen molar-refractivity contribution in [1.82, 2.24) is 14.8 Å². The molecule has 0 aliphatic rings. The second-order valence-corrected chi connectivity index (χ2v) is 4.45. The van der Waals surface area contributed by atoms with Crippen LogP contribution in [0.5, 0.6) is 0 Å². The third-order valence-electron chi connectivity index (χ3n) is 2.75. The molecule has 8 heteroatoms. The molecule has 0 aliphatic heterocycles. The van der Waals surface area contributed by atoms with Gasteiger partial charge in [0.15, 0.2) is 11.6 Å². The summed E-state index contributed by atoms with van der Waals surface area (Å²) in [5, 5.41) is 15.6. The number of benzene rings is 1. The van der Waals surface area contributed by atoms with Gasteiger partial charge in [-0.1, -0.05) is 11.6 Å². The fourth-order valence-corrected chi connectivity index (χ4v) is 2.00. The van der Waals surface area contributed by atoms with Crippen LogP contribution in [-0.2, 0) is 0 Å². The van der Waals surface area contributed by atoms with Gasteiger partial charge in [0.2, 0.25) is 0 Å². The lowest BCUT2D eigenvalue weighted by atomic mass is 10.2. The van der Waals surface area contributed by atoms with Crippen molar-refractivity contribution in [3.63, 3.8) is 0 Å². The summed E-state index contributed by atoms with van der Waals surface area (Å²) in [7, 11) is 0. The van der Waals surface area contributed by atoms with Crippen LogP contribution in [0.2, 0.25) is 5.02 Å². The zero-order valence-electron chi connectivity index (χ0n) is 9.83. The number of hydrogen-bond acceptors (Lipinski definition) is 4. The number of nitro benzene ring substituents is 1. The molecule has 2 heterocycles. The number of pyridine rings is 1. The van der Waals surface area contributed by atoms with Crippen LogP contribution in [0.3, 0.4) is 0 Å². The van der Waals surface area contributed by atoms with E-state index in [1.54, 1.807) is 6.07 Å². The number of hydrogen-bond donors (Lipinski definition) is 0. The average molecular weight is 293 g/mol. The summed E-state index contributed by atoms with van der Waals surface area (Å²) >= 11 is 5.64. The van der Waals surface area contributed by atoms with Crippen molar-refractivity contribution in [3.05, 3.63) is 57.6 Å². The molecule has 0 aliphatic carbocycles. The Hall–Kier alpha value is -2.54. The first-order chi connectivity index (χ1) is 9.56. The highest BCUT2D eigenvalue weighted by Crippen LogP contribution is 2.24. The number of rotatable bonds is 2. The molecule has 100 valence electrons. The summed E-state index contributed by atoms with van der Waals surface area (Å²) in [6, 6.07) is 5.33. The Bertz CT molecular complexity index is 833. The van der Waals surface area contributed by atoms with E-state index in [9.17, 15) is 14.5 Å². The molecule has 3 rings (SSSR count). The van der Waals surface area contributed by atoms with Crippen molar-refractivity contribution in [1.29, 1.82) is 0 Å². The average Bonchev–Trinajstić information content (AvgIpc) is 2.81. The number of non-ortho nitro benzene ring substituents is 1. The van der Waals surface area contributed by atoms with Crippen LogP contribution >= 0.6 is 11.6 Å². The Balaban J connectivity index is 2.25. The van der Waals surface area contributed by atoms with Gasteiger partial charge in [0.25, 0.3) is 5.69 Å². The number of halogens is 2. The van der Waals surface area contributed by atoms with Gasteiger partial charge in [-0.15, -0.1) is 0 Å². The molecule has 0 unspecified atom stereocenters. The lowest BCUT2D eigenvalue weighted by molar-refractivity contribution is -0.384. The topological polar surface area (TPSA) is 73.8 Å². The maximum Gasteiger partial charge on any atom is 0.271 e. The van der Waals surface area contributed by atoms with Gasteiger partial charge in [0, 0.05) is 23.7 Å². The SMILES string of the molecule is O=[N+]([O-])c1ccc2cnn(-c3ncc(Cl)cc3F)c2c1. The van der Waals surface area contributed by atoms with Crippen LogP contribution in [0.4, 0.5) is 10.1 Å². The minimum Gasteiger partial charge on any atom is -0.258 e. The van der Waals surface area contributed by atoms with Crippen LogP contribution in [0.1, 0.15) is 0 Å². The lowest BCUT2D eigenvalue weighted by Gasteiger charge is -2.04. The van der Waals surface area contributed by atoms with E-state index in [0.717, 1.165) is 6.07 Å². The van der Waals surface area contributed by atoms with Gasteiger partial charge in [-0.2, -0.15) is 5.10 Å². The summed E-state index contributed by atoms with van der Waals surface area (Å²) < 4.78 is 15.1.